The predicted molar refractivity (Wildman–Crippen MR) is 86.9 cm³/mol. The number of carboxylic acids is 1. The van der Waals surface area contributed by atoms with E-state index in [1.54, 1.807) is 24.3 Å². The van der Waals surface area contributed by atoms with Crippen LogP contribution >= 0.6 is 0 Å². The maximum Gasteiger partial charge on any atom is 0.326 e. The molecule has 130 valence electrons. The van der Waals surface area contributed by atoms with E-state index in [0.717, 1.165) is 17.7 Å². The molecule has 0 bridgehead atoms. The number of carbonyl (C=O) groups excluding carboxylic acids is 1. The molecule has 0 aliphatic heterocycles. The molecule has 2 N–H and O–H groups in total. The third-order valence-electron chi connectivity index (χ3n) is 4.40. The lowest BCUT2D eigenvalue weighted by Crippen LogP contribution is -2.43. The van der Waals surface area contributed by atoms with Crippen LogP contribution in [0.5, 0.6) is 0 Å². The largest absolute Gasteiger partial charge is 0.480 e. The molecule has 6 heteroatoms. The molecule has 2 aromatic rings. The molecule has 3 atom stereocenters. The molecule has 4 nitrogen and oxygen atoms in total. The lowest BCUT2D eigenvalue weighted by Gasteiger charge is -2.14. The van der Waals surface area contributed by atoms with Gasteiger partial charge in [0.1, 0.15) is 6.04 Å². The number of nitrogens with one attached hydrogen (secondary N) is 1. The quantitative estimate of drug-likeness (QED) is 0.846. The van der Waals surface area contributed by atoms with Gasteiger partial charge in [0.05, 0.1) is 0 Å². The van der Waals surface area contributed by atoms with Crippen LogP contribution in [0, 0.1) is 17.6 Å². The van der Waals surface area contributed by atoms with Gasteiger partial charge in [-0.25, -0.2) is 13.6 Å². The van der Waals surface area contributed by atoms with E-state index in [0.29, 0.717) is 12.0 Å². The van der Waals surface area contributed by atoms with Crippen molar-refractivity contribution < 1.29 is 23.5 Å². The summed E-state index contributed by atoms with van der Waals surface area (Å²) >= 11 is 0. The average Bonchev–Trinajstić information content (AvgIpc) is 3.38. The highest BCUT2D eigenvalue weighted by Gasteiger charge is 2.45. The Kier molecular flexibility index (Phi) is 4.79. The topological polar surface area (TPSA) is 66.4 Å². The molecule has 1 amide bonds. The van der Waals surface area contributed by atoms with Crippen LogP contribution in [-0.2, 0) is 16.0 Å². The number of carboxylic acid groups (broad SMARTS) is 1. The van der Waals surface area contributed by atoms with E-state index in [1.165, 1.54) is 6.07 Å². The number of aliphatic carboxylic acids is 1. The van der Waals surface area contributed by atoms with Crippen molar-refractivity contribution in [3.63, 3.8) is 0 Å². The van der Waals surface area contributed by atoms with Crippen LogP contribution in [0.4, 0.5) is 8.78 Å². The van der Waals surface area contributed by atoms with Gasteiger partial charge in [-0.1, -0.05) is 36.4 Å². The van der Waals surface area contributed by atoms with Gasteiger partial charge in [0.2, 0.25) is 5.91 Å². The van der Waals surface area contributed by atoms with Crippen LogP contribution < -0.4 is 5.32 Å². The Morgan fingerprint density at radius 1 is 1.12 bits per heavy atom. The van der Waals surface area contributed by atoms with E-state index < -0.39 is 29.6 Å². The molecule has 0 saturated heterocycles. The molecule has 3 rings (SSSR count). The van der Waals surface area contributed by atoms with E-state index >= 15 is 0 Å². The first-order valence-electron chi connectivity index (χ1n) is 7.97. The number of benzene rings is 2. The van der Waals surface area contributed by atoms with E-state index in [4.69, 9.17) is 0 Å². The Morgan fingerprint density at radius 2 is 1.84 bits per heavy atom. The van der Waals surface area contributed by atoms with Crippen LogP contribution in [0.15, 0.2) is 48.5 Å². The minimum atomic E-state index is -1.11. The second-order valence-electron chi connectivity index (χ2n) is 6.21. The van der Waals surface area contributed by atoms with Crippen molar-refractivity contribution in [2.45, 2.75) is 24.8 Å². The second kappa shape index (κ2) is 7.01. The van der Waals surface area contributed by atoms with Crippen molar-refractivity contribution >= 4 is 11.9 Å². The zero-order chi connectivity index (χ0) is 18.0. The van der Waals surface area contributed by atoms with E-state index in [-0.39, 0.29) is 18.2 Å². The lowest BCUT2D eigenvalue weighted by atomic mass is 10.1. The summed E-state index contributed by atoms with van der Waals surface area (Å²) in [6.07, 6.45) is 0.680. The summed E-state index contributed by atoms with van der Waals surface area (Å²) in [6, 6.07) is 11.6. The fraction of sp³-hybridized carbons (Fsp3) is 0.263. The smallest absolute Gasteiger partial charge is 0.326 e. The zero-order valence-electron chi connectivity index (χ0n) is 13.3. The summed E-state index contributed by atoms with van der Waals surface area (Å²) in [5, 5.41) is 11.9. The van der Waals surface area contributed by atoms with E-state index in [1.807, 2.05) is 6.07 Å². The summed E-state index contributed by atoms with van der Waals surface area (Å²) in [7, 11) is 0. The van der Waals surface area contributed by atoms with Gasteiger partial charge in [0.25, 0.3) is 0 Å². The highest BCUT2D eigenvalue weighted by molar-refractivity contribution is 5.87. The summed E-state index contributed by atoms with van der Waals surface area (Å²) in [5.41, 5.74) is 1.36. The molecule has 0 spiro atoms. The Hall–Kier alpha value is -2.76. The molecule has 1 aliphatic carbocycles. The molecular formula is C19H17F2NO3. The highest BCUT2D eigenvalue weighted by atomic mass is 19.2. The van der Waals surface area contributed by atoms with Crippen LogP contribution in [0.25, 0.3) is 0 Å². The van der Waals surface area contributed by atoms with Gasteiger partial charge >= 0.3 is 5.97 Å². The number of rotatable bonds is 6. The Balaban J connectivity index is 1.63. The number of hydrogen-bond acceptors (Lipinski definition) is 2. The first-order chi connectivity index (χ1) is 12.0. The summed E-state index contributed by atoms with van der Waals surface area (Å²) in [6.45, 7) is 0. The third-order valence-corrected chi connectivity index (χ3v) is 4.40. The summed E-state index contributed by atoms with van der Waals surface area (Å²) in [4.78, 5) is 23.7. The summed E-state index contributed by atoms with van der Waals surface area (Å²) < 4.78 is 26.3. The number of hydrogen-bond donors (Lipinski definition) is 2. The monoisotopic (exact) mass is 345 g/mol. The Morgan fingerprint density at radius 3 is 2.48 bits per heavy atom. The average molecular weight is 345 g/mol. The molecule has 1 fully saturated rings. The van der Waals surface area contributed by atoms with Crippen molar-refractivity contribution in [3.05, 3.63) is 71.3 Å². The third kappa shape index (κ3) is 4.02. The van der Waals surface area contributed by atoms with Gasteiger partial charge in [0.15, 0.2) is 11.6 Å². The van der Waals surface area contributed by atoms with Crippen molar-refractivity contribution in [2.75, 3.05) is 0 Å². The van der Waals surface area contributed by atoms with E-state index in [2.05, 4.69) is 5.32 Å². The first-order valence-corrected chi connectivity index (χ1v) is 7.97. The van der Waals surface area contributed by atoms with Crippen molar-refractivity contribution in [1.82, 2.24) is 5.32 Å². The normalized spacial score (nSPS) is 19.9. The molecule has 0 heterocycles. The van der Waals surface area contributed by atoms with Crippen molar-refractivity contribution in [1.29, 1.82) is 0 Å². The molecule has 1 aliphatic rings. The molecule has 0 aromatic heterocycles. The van der Waals surface area contributed by atoms with Gasteiger partial charge in [0, 0.05) is 12.3 Å². The van der Waals surface area contributed by atoms with Crippen molar-refractivity contribution in [2.24, 2.45) is 5.92 Å². The van der Waals surface area contributed by atoms with Crippen LogP contribution in [0.1, 0.15) is 23.5 Å². The standard InChI is InChI=1S/C19H17F2NO3/c20-15-7-6-12(9-16(15)21)13-10-14(13)18(23)22-17(19(24)25)8-11-4-2-1-3-5-11/h1-7,9,13-14,17H,8,10H2,(H,22,23)(H,24,25)/t13?,14?,17-/m1/s1. The maximum atomic E-state index is 13.3. The zero-order valence-corrected chi connectivity index (χ0v) is 13.3. The Labute approximate surface area is 143 Å². The lowest BCUT2D eigenvalue weighted by molar-refractivity contribution is -0.142. The molecule has 2 unspecified atom stereocenters. The minimum Gasteiger partial charge on any atom is -0.480 e. The van der Waals surface area contributed by atoms with E-state index in [9.17, 15) is 23.5 Å². The number of halogens is 2. The number of carbonyl (C=O) groups is 2. The van der Waals surface area contributed by atoms with Crippen LogP contribution in [0.3, 0.4) is 0 Å². The van der Waals surface area contributed by atoms with Crippen LogP contribution in [0.2, 0.25) is 0 Å². The molecule has 25 heavy (non-hydrogen) atoms. The first kappa shape index (κ1) is 17.1. The Bertz CT molecular complexity index is 795. The highest BCUT2D eigenvalue weighted by Crippen LogP contribution is 2.47. The second-order valence-corrected chi connectivity index (χ2v) is 6.21. The minimum absolute atomic E-state index is 0.185. The van der Waals surface area contributed by atoms with Gasteiger partial charge in [-0.05, 0) is 35.6 Å². The predicted octanol–water partition coefficient (Wildman–Crippen LogP) is 2.88. The molecule has 0 radical (unpaired) electrons. The summed E-state index contributed by atoms with van der Waals surface area (Å²) in [5.74, 6) is -3.99. The number of amides is 1. The SMILES string of the molecule is O=C(N[C@H](Cc1ccccc1)C(=O)O)C1CC1c1ccc(F)c(F)c1. The van der Waals surface area contributed by atoms with Gasteiger partial charge in [-0.3, -0.25) is 4.79 Å². The fourth-order valence-electron chi connectivity index (χ4n) is 2.92. The molecule has 2 aromatic carbocycles. The van der Waals surface area contributed by atoms with Gasteiger partial charge in [-0.15, -0.1) is 0 Å². The van der Waals surface area contributed by atoms with Gasteiger partial charge < -0.3 is 10.4 Å². The van der Waals surface area contributed by atoms with Gasteiger partial charge in [-0.2, -0.15) is 0 Å². The maximum absolute atomic E-state index is 13.3. The molecular weight excluding hydrogens is 328 g/mol. The molecule has 1 saturated carbocycles. The fourth-order valence-corrected chi connectivity index (χ4v) is 2.92. The van der Waals surface area contributed by atoms with Crippen molar-refractivity contribution in [3.8, 4) is 0 Å². The van der Waals surface area contributed by atoms with Crippen LogP contribution in [-0.4, -0.2) is 23.0 Å².